The zero-order valence-corrected chi connectivity index (χ0v) is 15.9. The number of hydrogen-bond donors (Lipinski definition) is 2. The minimum atomic E-state index is -0.578. The SMILES string of the molecule is NC(=O)C1([C@@H]2CCN(C(=O)C(N)Cc3ccc(Cl)cc3)C2)CCCCC1. The van der Waals surface area contributed by atoms with Crippen molar-refractivity contribution in [3.05, 3.63) is 34.9 Å². The van der Waals surface area contributed by atoms with Crippen LogP contribution in [-0.4, -0.2) is 35.8 Å². The van der Waals surface area contributed by atoms with E-state index in [0.29, 0.717) is 24.5 Å². The van der Waals surface area contributed by atoms with E-state index >= 15 is 0 Å². The minimum Gasteiger partial charge on any atom is -0.369 e. The molecule has 1 unspecified atom stereocenters. The summed E-state index contributed by atoms with van der Waals surface area (Å²) in [5.74, 6) is -0.0770. The third kappa shape index (κ3) is 3.89. The Bertz CT molecular complexity index is 656. The summed E-state index contributed by atoms with van der Waals surface area (Å²) in [6, 6.07) is 6.82. The van der Waals surface area contributed by atoms with Crippen molar-refractivity contribution in [2.45, 2.75) is 51.0 Å². The first-order valence-corrected chi connectivity index (χ1v) is 9.89. The Kier molecular flexibility index (Phi) is 5.88. The molecule has 1 aliphatic carbocycles. The van der Waals surface area contributed by atoms with Gasteiger partial charge in [0.15, 0.2) is 0 Å². The van der Waals surface area contributed by atoms with Crippen LogP contribution in [0.3, 0.4) is 0 Å². The number of carbonyl (C=O) groups is 2. The van der Waals surface area contributed by atoms with Crippen LogP contribution in [-0.2, 0) is 16.0 Å². The quantitative estimate of drug-likeness (QED) is 0.826. The number of nitrogens with zero attached hydrogens (tertiary/aromatic N) is 1. The Morgan fingerprint density at radius 2 is 1.85 bits per heavy atom. The van der Waals surface area contributed by atoms with Crippen molar-refractivity contribution in [3.8, 4) is 0 Å². The van der Waals surface area contributed by atoms with Crippen LogP contribution in [0.1, 0.15) is 44.1 Å². The van der Waals surface area contributed by atoms with E-state index in [-0.39, 0.29) is 17.7 Å². The number of nitrogens with two attached hydrogens (primary N) is 2. The zero-order valence-electron chi connectivity index (χ0n) is 15.1. The van der Waals surface area contributed by atoms with E-state index in [4.69, 9.17) is 23.1 Å². The molecule has 1 saturated carbocycles. The van der Waals surface area contributed by atoms with Crippen LogP contribution in [0.4, 0.5) is 0 Å². The summed E-state index contributed by atoms with van der Waals surface area (Å²) in [6.45, 7) is 1.25. The normalized spacial score (nSPS) is 23.6. The van der Waals surface area contributed by atoms with Gasteiger partial charge in [0, 0.05) is 18.1 Å². The molecule has 142 valence electrons. The molecule has 0 aromatic heterocycles. The van der Waals surface area contributed by atoms with Gasteiger partial charge in [0.05, 0.1) is 11.5 Å². The van der Waals surface area contributed by atoms with Crippen LogP contribution < -0.4 is 11.5 Å². The summed E-state index contributed by atoms with van der Waals surface area (Å²) >= 11 is 5.90. The number of hydrogen-bond acceptors (Lipinski definition) is 3. The molecule has 0 spiro atoms. The van der Waals surface area contributed by atoms with Gasteiger partial charge in [0.25, 0.3) is 0 Å². The van der Waals surface area contributed by atoms with E-state index in [0.717, 1.165) is 44.1 Å². The fourth-order valence-corrected chi connectivity index (χ4v) is 4.77. The summed E-state index contributed by atoms with van der Waals surface area (Å²) < 4.78 is 0. The number of primary amides is 1. The molecule has 2 amide bonds. The average molecular weight is 378 g/mol. The van der Waals surface area contributed by atoms with E-state index in [2.05, 4.69) is 0 Å². The van der Waals surface area contributed by atoms with Gasteiger partial charge in [-0.2, -0.15) is 0 Å². The molecule has 3 rings (SSSR count). The smallest absolute Gasteiger partial charge is 0.239 e. The largest absolute Gasteiger partial charge is 0.369 e. The molecule has 0 bridgehead atoms. The number of likely N-dealkylation sites (tertiary alicyclic amines) is 1. The lowest BCUT2D eigenvalue weighted by Crippen LogP contribution is -2.48. The average Bonchev–Trinajstić information content (AvgIpc) is 3.14. The molecule has 2 atom stereocenters. The second-order valence-electron chi connectivity index (χ2n) is 7.79. The third-order valence-electron chi connectivity index (χ3n) is 6.20. The van der Waals surface area contributed by atoms with Crippen LogP contribution in [0.25, 0.3) is 0 Å². The lowest BCUT2D eigenvalue weighted by Gasteiger charge is -2.39. The van der Waals surface area contributed by atoms with Gasteiger partial charge >= 0.3 is 0 Å². The summed E-state index contributed by atoms with van der Waals surface area (Å²) in [4.78, 5) is 26.8. The van der Waals surface area contributed by atoms with E-state index in [9.17, 15) is 9.59 Å². The number of benzene rings is 1. The van der Waals surface area contributed by atoms with Crippen LogP contribution in [0.15, 0.2) is 24.3 Å². The van der Waals surface area contributed by atoms with E-state index in [1.54, 1.807) is 12.1 Å². The highest BCUT2D eigenvalue weighted by atomic mass is 35.5. The molecule has 4 N–H and O–H groups in total. The van der Waals surface area contributed by atoms with Gasteiger partial charge in [-0.15, -0.1) is 0 Å². The fraction of sp³-hybridized carbons (Fsp3) is 0.600. The van der Waals surface area contributed by atoms with Crippen LogP contribution in [0, 0.1) is 11.3 Å². The minimum absolute atomic E-state index is 0.0436. The van der Waals surface area contributed by atoms with E-state index in [1.807, 2.05) is 17.0 Å². The highest BCUT2D eigenvalue weighted by molar-refractivity contribution is 6.30. The van der Waals surface area contributed by atoms with Gasteiger partial charge in [0.1, 0.15) is 0 Å². The number of amides is 2. The van der Waals surface area contributed by atoms with Crippen LogP contribution in [0.5, 0.6) is 0 Å². The number of carbonyl (C=O) groups excluding carboxylic acids is 2. The molecule has 2 fully saturated rings. The van der Waals surface area contributed by atoms with Crippen LogP contribution in [0.2, 0.25) is 5.02 Å². The summed E-state index contributed by atoms with van der Waals surface area (Å²) in [7, 11) is 0. The maximum Gasteiger partial charge on any atom is 0.239 e. The maximum atomic E-state index is 12.8. The number of rotatable bonds is 5. The van der Waals surface area contributed by atoms with E-state index < -0.39 is 11.5 Å². The van der Waals surface area contributed by atoms with Crippen LogP contribution >= 0.6 is 11.6 Å². The lowest BCUT2D eigenvalue weighted by atomic mass is 9.65. The Labute approximate surface area is 160 Å². The molecule has 0 radical (unpaired) electrons. The van der Waals surface area contributed by atoms with Gasteiger partial charge in [-0.3, -0.25) is 9.59 Å². The molecule has 5 nitrogen and oxygen atoms in total. The van der Waals surface area contributed by atoms with Crippen molar-refractivity contribution < 1.29 is 9.59 Å². The maximum absolute atomic E-state index is 12.8. The van der Waals surface area contributed by atoms with Crippen molar-refractivity contribution in [1.82, 2.24) is 4.90 Å². The van der Waals surface area contributed by atoms with Gasteiger partial charge in [-0.05, 0) is 49.3 Å². The fourth-order valence-electron chi connectivity index (χ4n) is 4.65. The molecular formula is C20H28ClN3O2. The monoisotopic (exact) mass is 377 g/mol. The summed E-state index contributed by atoms with van der Waals surface area (Å²) in [5.41, 5.74) is 12.5. The Balaban J connectivity index is 1.62. The van der Waals surface area contributed by atoms with Crippen molar-refractivity contribution in [1.29, 1.82) is 0 Å². The number of halogens is 1. The topological polar surface area (TPSA) is 89.4 Å². The van der Waals surface area contributed by atoms with Gasteiger partial charge in [-0.1, -0.05) is 43.0 Å². The highest BCUT2D eigenvalue weighted by Gasteiger charge is 2.48. The van der Waals surface area contributed by atoms with Crippen molar-refractivity contribution in [3.63, 3.8) is 0 Å². The molecule has 6 heteroatoms. The standard InChI is InChI=1S/C20H28ClN3O2/c21-16-6-4-14(5-7-16)12-17(22)18(25)24-11-8-15(13-24)20(19(23)26)9-2-1-3-10-20/h4-7,15,17H,1-3,8-13,22H2,(H2,23,26)/t15-,17?/m1/s1. The second kappa shape index (κ2) is 7.97. The molecule has 1 aromatic carbocycles. The predicted molar refractivity (Wildman–Crippen MR) is 103 cm³/mol. The molecular weight excluding hydrogens is 350 g/mol. The molecule has 1 heterocycles. The molecule has 1 aromatic rings. The van der Waals surface area contributed by atoms with Crippen molar-refractivity contribution in [2.24, 2.45) is 22.8 Å². The predicted octanol–water partition coefficient (Wildman–Crippen LogP) is 2.49. The zero-order chi connectivity index (χ0) is 18.7. The molecule has 2 aliphatic rings. The Hall–Kier alpha value is -1.59. The Morgan fingerprint density at radius 3 is 2.46 bits per heavy atom. The third-order valence-corrected chi connectivity index (χ3v) is 6.46. The first-order chi connectivity index (χ1) is 12.4. The summed E-state index contributed by atoms with van der Waals surface area (Å²) in [6.07, 6.45) is 6.28. The lowest BCUT2D eigenvalue weighted by molar-refractivity contribution is -0.135. The molecule has 26 heavy (non-hydrogen) atoms. The van der Waals surface area contributed by atoms with E-state index in [1.165, 1.54) is 0 Å². The van der Waals surface area contributed by atoms with Gasteiger partial charge in [0.2, 0.25) is 11.8 Å². The van der Waals surface area contributed by atoms with Gasteiger partial charge < -0.3 is 16.4 Å². The summed E-state index contributed by atoms with van der Waals surface area (Å²) in [5, 5.41) is 0.667. The first kappa shape index (κ1) is 19.2. The van der Waals surface area contributed by atoms with Gasteiger partial charge in [-0.25, -0.2) is 0 Å². The van der Waals surface area contributed by atoms with Crippen molar-refractivity contribution >= 4 is 23.4 Å². The molecule has 1 saturated heterocycles. The molecule has 1 aliphatic heterocycles. The first-order valence-electron chi connectivity index (χ1n) is 9.51. The second-order valence-corrected chi connectivity index (χ2v) is 8.22. The Morgan fingerprint density at radius 1 is 1.19 bits per heavy atom. The highest BCUT2D eigenvalue weighted by Crippen LogP contribution is 2.46. The van der Waals surface area contributed by atoms with Crippen molar-refractivity contribution in [2.75, 3.05) is 13.1 Å².